The molecule has 1 aromatic rings. The van der Waals surface area contributed by atoms with E-state index < -0.39 is 0 Å². The first-order chi connectivity index (χ1) is 13.2. The molecule has 1 aliphatic heterocycles. The summed E-state index contributed by atoms with van der Waals surface area (Å²) in [5.74, 6) is 1.55. The number of esters is 1. The molecule has 0 atom stereocenters. The van der Waals surface area contributed by atoms with Gasteiger partial charge in [0.1, 0.15) is 5.82 Å². The van der Waals surface area contributed by atoms with Crippen LogP contribution in [0.25, 0.3) is 0 Å². The van der Waals surface area contributed by atoms with E-state index in [1.807, 2.05) is 11.0 Å². The van der Waals surface area contributed by atoms with E-state index in [-0.39, 0.29) is 5.97 Å². The van der Waals surface area contributed by atoms with Crippen molar-refractivity contribution in [2.45, 2.75) is 51.9 Å². The third-order valence-electron chi connectivity index (χ3n) is 5.71. The van der Waals surface area contributed by atoms with Gasteiger partial charge in [0.15, 0.2) is 0 Å². The van der Waals surface area contributed by atoms with E-state index >= 15 is 0 Å². The van der Waals surface area contributed by atoms with Gasteiger partial charge in [0.05, 0.1) is 12.2 Å². The molecule has 3 rings (SSSR count). The fourth-order valence-corrected chi connectivity index (χ4v) is 4.05. The number of hydrogen-bond acceptors (Lipinski definition) is 5. The number of rotatable bonds is 6. The van der Waals surface area contributed by atoms with Gasteiger partial charge in [-0.3, -0.25) is 4.79 Å². The van der Waals surface area contributed by atoms with Gasteiger partial charge in [0, 0.05) is 38.8 Å². The Morgan fingerprint density at radius 1 is 1.11 bits per heavy atom. The maximum Gasteiger partial charge on any atom is 0.339 e. The normalized spacial score (nSPS) is 18.4. The predicted molar refractivity (Wildman–Crippen MR) is 105 cm³/mol. The first-order valence-electron chi connectivity index (χ1n) is 10.3. The zero-order valence-electron chi connectivity index (χ0n) is 16.4. The van der Waals surface area contributed by atoms with Crippen molar-refractivity contribution in [3.05, 3.63) is 23.9 Å². The summed E-state index contributed by atoms with van der Waals surface area (Å²) in [4.78, 5) is 32.8. The number of hydrogen-bond donors (Lipinski definition) is 0. The molecule has 0 aromatic carbocycles. The molecule has 0 N–H and O–H groups in total. The van der Waals surface area contributed by atoms with Gasteiger partial charge < -0.3 is 14.5 Å². The van der Waals surface area contributed by atoms with Gasteiger partial charge in [0.25, 0.3) is 0 Å². The van der Waals surface area contributed by atoms with Crippen LogP contribution in [0.3, 0.4) is 0 Å². The minimum Gasteiger partial charge on any atom is -0.462 e. The van der Waals surface area contributed by atoms with Gasteiger partial charge in [-0.1, -0.05) is 32.1 Å². The van der Waals surface area contributed by atoms with Crippen molar-refractivity contribution in [2.75, 3.05) is 37.7 Å². The summed E-state index contributed by atoms with van der Waals surface area (Å²) in [5.41, 5.74) is 0.470. The highest BCUT2D eigenvalue weighted by Gasteiger charge is 2.23. The molecule has 1 aromatic heterocycles. The van der Waals surface area contributed by atoms with Gasteiger partial charge in [-0.05, 0) is 31.4 Å². The average molecular weight is 373 g/mol. The van der Waals surface area contributed by atoms with Gasteiger partial charge in [-0.2, -0.15) is 0 Å². The van der Waals surface area contributed by atoms with E-state index in [1.165, 1.54) is 32.1 Å². The molecule has 1 saturated heterocycles. The van der Waals surface area contributed by atoms with Gasteiger partial charge in [-0.15, -0.1) is 0 Å². The fraction of sp³-hybridized carbons (Fsp3) is 0.667. The lowest BCUT2D eigenvalue weighted by Gasteiger charge is -2.35. The van der Waals surface area contributed by atoms with E-state index in [0.717, 1.165) is 44.3 Å². The summed E-state index contributed by atoms with van der Waals surface area (Å²) in [6, 6.07) is 3.61. The molecule has 6 heteroatoms. The molecule has 0 spiro atoms. The quantitative estimate of drug-likeness (QED) is 0.716. The minimum atomic E-state index is -0.343. The van der Waals surface area contributed by atoms with Crippen molar-refractivity contribution in [3.63, 3.8) is 0 Å². The first kappa shape index (κ1) is 19.6. The third-order valence-corrected chi connectivity index (χ3v) is 5.71. The highest BCUT2D eigenvalue weighted by molar-refractivity contribution is 5.89. The molecule has 1 amide bonds. The number of amides is 1. The van der Waals surface area contributed by atoms with Crippen LogP contribution < -0.4 is 4.90 Å². The lowest BCUT2D eigenvalue weighted by Crippen LogP contribution is -2.49. The summed E-state index contributed by atoms with van der Waals surface area (Å²) < 4.78 is 4.98. The zero-order valence-corrected chi connectivity index (χ0v) is 16.4. The second kappa shape index (κ2) is 9.72. The molecular weight excluding hydrogens is 342 g/mol. The van der Waals surface area contributed by atoms with E-state index in [0.29, 0.717) is 24.5 Å². The Hall–Kier alpha value is -2.11. The molecule has 2 fully saturated rings. The fourth-order valence-electron chi connectivity index (χ4n) is 4.05. The Morgan fingerprint density at radius 3 is 2.48 bits per heavy atom. The van der Waals surface area contributed by atoms with Crippen LogP contribution in [-0.2, 0) is 9.53 Å². The highest BCUT2D eigenvalue weighted by atomic mass is 16.5. The van der Waals surface area contributed by atoms with Crippen molar-refractivity contribution in [1.82, 2.24) is 9.88 Å². The second-order valence-electron chi connectivity index (χ2n) is 7.54. The number of aromatic nitrogens is 1. The standard InChI is InChI=1S/C21H31N3O3/c1-2-27-21(26)18-9-10-19(22-16-18)23-12-14-24(15-13-23)20(25)11-8-17-6-4-3-5-7-17/h9-10,16-17H,2-8,11-15H2,1H3. The number of ether oxygens (including phenoxy) is 1. The average Bonchev–Trinajstić information content (AvgIpc) is 2.73. The topological polar surface area (TPSA) is 62.7 Å². The minimum absolute atomic E-state index is 0.297. The Kier molecular flexibility index (Phi) is 7.07. The molecule has 1 aliphatic carbocycles. The van der Waals surface area contributed by atoms with E-state index in [1.54, 1.807) is 19.2 Å². The van der Waals surface area contributed by atoms with Crippen molar-refractivity contribution in [3.8, 4) is 0 Å². The first-order valence-corrected chi connectivity index (χ1v) is 10.3. The summed E-state index contributed by atoms with van der Waals surface area (Å²) in [7, 11) is 0. The number of nitrogens with zero attached hydrogens (tertiary/aromatic N) is 3. The predicted octanol–water partition coefficient (Wildman–Crippen LogP) is 3.27. The van der Waals surface area contributed by atoms with Crippen LogP contribution in [-0.4, -0.2) is 54.5 Å². The molecule has 6 nitrogen and oxygen atoms in total. The number of pyridine rings is 1. The number of carbonyl (C=O) groups is 2. The summed E-state index contributed by atoms with van der Waals surface area (Å²) in [5, 5.41) is 0. The van der Waals surface area contributed by atoms with Crippen LogP contribution >= 0.6 is 0 Å². The number of piperazine rings is 1. The van der Waals surface area contributed by atoms with E-state index in [2.05, 4.69) is 9.88 Å². The summed E-state index contributed by atoms with van der Waals surface area (Å²) in [6.07, 6.45) is 9.94. The van der Waals surface area contributed by atoms with Crippen LogP contribution in [0, 0.1) is 5.92 Å². The molecular formula is C21H31N3O3. The second-order valence-corrected chi connectivity index (χ2v) is 7.54. The van der Waals surface area contributed by atoms with E-state index in [4.69, 9.17) is 4.74 Å². The van der Waals surface area contributed by atoms with Crippen molar-refractivity contribution < 1.29 is 14.3 Å². The molecule has 27 heavy (non-hydrogen) atoms. The molecule has 1 saturated carbocycles. The van der Waals surface area contributed by atoms with Crippen LogP contribution in [0.4, 0.5) is 5.82 Å². The van der Waals surface area contributed by atoms with Crippen molar-refractivity contribution in [1.29, 1.82) is 0 Å². The third kappa shape index (κ3) is 5.44. The van der Waals surface area contributed by atoms with Gasteiger partial charge in [-0.25, -0.2) is 9.78 Å². The lowest BCUT2D eigenvalue weighted by molar-refractivity contribution is -0.131. The Labute approximate surface area is 161 Å². The molecule has 2 aliphatic rings. The number of carbonyl (C=O) groups excluding carboxylic acids is 2. The maximum atomic E-state index is 12.5. The molecule has 0 unspecified atom stereocenters. The molecule has 0 bridgehead atoms. The Morgan fingerprint density at radius 2 is 1.85 bits per heavy atom. The van der Waals surface area contributed by atoms with Crippen LogP contribution in [0.1, 0.15) is 62.2 Å². The van der Waals surface area contributed by atoms with Crippen LogP contribution in [0.5, 0.6) is 0 Å². The van der Waals surface area contributed by atoms with Crippen molar-refractivity contribution in [2.24, 2.45) is 5.92 Å². The smallest absolute Gasteiger partial charge is 0.339 e. The maximum absolute atomic E-state index is 12.5. The van der Waals surface area contributed by atoms with Gasteiger partial charge in [0.2, 0.25) is 5.91 Å². The highest BCUT2D eigenvalue weighted by Crippen LogP contribution is 2.27. The molecule has 0 radical (unpaired) electrons. The number of anilines is 1. The van der Waals surface area contributed by atoms with Gasteiger partial charge >= 0.3 is 5.97 Å². The Bertz CT molecular complexity index is 618. The van der Waals surface area contributed by atoms with Crippen LogP contribution in [0.15, 0.2) is 18.3 Å². The lowest BCUT2D eigenvalue weighted by atomic mass is 9.86. The summed E-state index contributed by atoms with van der Waals surface area (Å²) >= 11 is 0. The SMILES string of the molecule is CCOC(=O)c1ccc(N2CCN(C(=O)CCC3CCCCC3)CC2)nc1. The van der Waals surface area contributed by atoms with E-state index in [9.17, 15) is 9.59 Å². The van der Waals surface area contributed by atoms with Crippen molar-refractivity contribution >= 4 is 17.7 Å². The largest absolute Gasteiger partial charge is 0.462 e. The monoisotopic (exact) mass is 373 g/mol. The van der Waals surface area contributed by atoms with Crippen LogP contribution in [0.2, 0.25) is 0 Å². The summed E-state index contributed by atoms with van der Waals surface area (Å²) in [6.45, 7) is 5.18. The molecule has 148 valence electrons. The Balaban J connectivity index is 1.44. The zero-order chi connectivity index (χ0) is 19.1. The molecule has 2 heterocycles.